The summed E-state index contributed by atoms with van der Waals surface area (Å²) in [6.45, 7) is -0.0258. The Morgan fingerprint density at radius 1 is 1.19 bits per heavy atom. The van der Waals surface area contributed by atoms with Gasteiger partial charge in [0.05, 0.1) is 10.3 Å². The lowest BCUT2D eigenvalue weighted by atomic mass is 10.3. The van der Waals surface area contributed by atoms with E-state index < -0.39 is 12.0 Å². The Bertz CT molecular complexity index is 630. The van der Waals surface area contributed by atoms with E-state index in [0.717, 1.165) is 8.66 Å². The fourth-order valence-electron chi connectivity index (χ4n) is 1.73. The molecule has 110 valence electrons. The van der Waals surface area contributed by atoms with Crippen molar-refractivity contribution in [2.24, 2.45) is 0 Å². The van der Waals surface area contributed by atoms with Crippen LogP contribution in [0.5, 0.6) is 0 Å². The maximum absolute atomic E-state index is 12.2. The molecule has 2 amide bonds. The first-order chi connectivity index (χ1) is 10.1. The van der Waals surface area contributed by atoms with Crippen molar-refractivity contribution in [2.45, 2.75) is 6.54 Å². The Labute approximate surface area is 134 Å². The molecule has 0 fully saturated rings. The number of aliphatic carboxylic acids is 1. The number of para-hydroxylation sites is 1. The van der Waals surface area contributed by atoms with Gasteiger partial charge in [0.1, 0.15) is 6.54 Å². The van der Waals surface area contributed by atoms with E-state index in [1.165, 1.54) is 16.2 Å². The summed E-state index contributed by atoms with van der Waals surface area (Å²) in [5, 5.41) is 11.7. The van der Waals surface area contributed by atoms with Crippen LogP contribution in [0.15, 0.2) is 46.3 Å². The quantitative estimate of drug-likeness (QED) is 0.850. The molecule has 0 saturated carbocycles. The van der Waals surface area contributed by atoms with Crippen LogP contribution in [0, 0.1) is 0 Å². The second-order valence-electron chi connectivity index (χ2n) is 4.18. The molecule has 0 spiro atoms. The van der Waals surface area contributed by atoms with E-state index in [1.807, 2.05) is 18.2 Å². The summed E-state index contributed by atoms with van der Waals surface area (Å²) in [4.78, 5) is 25.3. The summed E-state index contributed by atoms with van der Waals surface area (Å²) >= 11 is 4.87. The molecule has 0 aliphatic heterocycles. The van der Waals surface area contributed by atoms with Crippen LogP contribution in [0.3, 0.4) is 0 Å². The van der Waals surface area contributed by atoms with Gasteiger partial charge >= 0.3 is 12.0 Å². The van der Waals surface area contributed by atoms with Gasteiger partial charge in [0, 0.05) is 10.6 Å². The van der Waals surface area contributed by atoms with Crippen LogP contribution in [0.4, 0.5) is 10.5 Å². The van der Waals surface area contributed by atoms with Crippen molar-refractivity contribution >= 4 is 45.0 Å². The maximum atomic E-state index is 12.2. The van der Waals surface area contributed by atoms with Gasteiger partial charge in [0.25, 0.3) is 0 Å². The number of carboxylic acid groups (broad SMARTS) is 1. The molecule has 0 unspecified atom stereocenters. The molecule has 0 radical (unpaired) electrons. The first kappa shape index (κ1) is 15.5. The predicted octanol–water partition coefficient (Wildman–Crippen LogP) is 3.31. The minimum Gasteiger partial charge on any atom is -0.480 e. The largest absolute Gasteiger partial charge is 0.480 e. The molecular formula is C14H13BrN2O3S. The number of urea groups is 1. The highest BCUT2D eigenvalue weighted by atomic mass is 79.9. The third kappa shape index (κ3) is 4.57. The summed E-state index contributed by atoms with van der Waals surface area (Å²) in [6, 6.07) is 12.1. The predicted molar refractivity (Wildman–Crippen MR) is 85.7 cm³/mol. The molecule has 0 saturated heterocycles. The molecule has 0 aliphatic carbocycles. The van der Waals surface area contributed by atoms with Crippen molar-refractivity contribution in [3.63, 3.8) is 0 Å². The number of carbonyl (C=O) groups excluding carboxylic acids is 1. The van der Waals surface area contributed by atoms with Crippen molar-refractivity contribution in [1.29, 1.82) is 0 Å². The van der Waals surface area contributed by atoms with Crippen LogP contribution >= 0.6 is 27.3 Å². The fourth-order valence-corrected chi connectivity index (χ4v) is 3.15. The minimum atomic E-state index is -1.06. The summed E-state index contributed by atoms with van der Waals surface area (Å²) in [6.07, 6.45) is 0. The molecule has 5 nitrogen and oxygen atoms in total. The third-order valence-electron chi connectivity index (χ3n) is 2.65. The Kier molecular flexibility index (Phi) is 5.35. The van der Waals surface area contributed by atoms with E-state index in [9.17, 15) is 9.59 Å². The highest BCUT2D eigenvalue weighted by Gasteiger charge is 2.18. The Morgan fingerprint density at radius 2 is 1.90 bits per heavy atom. The maximum Gasteiger partial charge on any atom is 0.323 e. The normalized spacial score (nSPS) is 10.1. The van der Waals surface area contributed by atoms with Gasteiger partial charge in [-0.2, -0.15) is 0 Å². The molecule has 1 aromatic heterocycles. The van der Waals surface area contributed by atoms with E-state index >= 15 is 0 Å². The number of thiophene rings is 1. The van der Waals surface area contributed by atoms with Gasteiger partial charge in [-0.1, -0.05) is 18.2 Å². The minimum absolute atomic E-state index is 0.359. The molecule has 1 aromatic carbocycles. The lowest BCUT2D eigenvalue weighted by molar-refractivity contribution is -0.135. The number of anilines is 1. The second-order valence-corrected chi connectivity index (χ2v) is 6.73. The van der Waals surface area contributed by atoms with Crippen molar-refractivity contribution in [3.8, 4) is 0 Å². The number of halogens is 1. The van der Waals surface area contributed by atoms with Crippen LogP contribution in [-0.2, 0) is 11.3 Å². The Hall–Kier alpha value is -1.86. The van der Waals surface area contributed by atoms with Gasteiger partial charge in [0.2, 0.25) is 0 Å². The van der Waals surface area contributed by atoms with E-state index in [1.54, 1.807) is 24.3 Å². The van der Waals surface area contributed by atoms with Crippen molar-refractivity contribution in [3.05, 3.63) is 51.1 Å². The van der Waals surface area contributed by atoms with Gasteiger partial charge in [-0.15, -0.1) is 11.3 Å². The average Bonchev–Trinajstić information content (AvgIpc) is 2.88. The first-order valence-electron chi connectivity index (χ1n) is 6.12. The fraction of sp³-hybridized carbons (Fsp3) is 0.143. The van der Waals surface area contributed by atoms with Crippen LogP contribution in [0.25, 0.3) is 0 Å². The van der Waals surface area contributed by atoms with E-state index in [0.29, 0.717) is 12.2 Å². The van der Waals surface area contributed by atoms with Gasteiger partial charge in [0.15, 0.2) is 0 Å². The van der Waals surface area contributed by atoms with Crippen molar-refractivity contribution < 1.29 is 14.7 Å². The number of rotatable bonds is 5. The molecule has 0 atom stereocenters. The smallest absolute Gasteiger partial charge is 0.323 e. The summed E-state index contributed by atoms with van der Waals surface area (Å²) in [7, 11) is 0. The number of hydrogen-bond acceptors (Lipinski definition) is 3. The zero-order valence-electron chi connectivity index (χ0n) is 11.0. The van der Waals surface area contributed by atoms with Gasteiger partial charge < -0.3 is 10.4 Å². The van der Waals surface area contributed by atoms with Crippen LogP contribution < -0.4 is 10.2 Å². The van der Waals surface area contributed by atoms with E-state index in [2.05, 4.69) is 21.2 Å². The van der Waals surface area contributed by atoms with Crippen LogP contribution in [0.2, 0.25) is 0 Å². The monoisotopic (exact) mass is 368 g/mol. The SMILES string of the molecule is O=C(O)CN(C(=O)NCc1ccc(Br)s1)c1ccccc1. The number of nitrogens with one attached hydrogen (secondary N) is 1. The summed E-state index contributed by atoms with van der Waals surface area (Å²) < 4.78 is 0.984. The molecule has 2 aromatic rings. The Balaban J connectivity index is 2.05. The molecule has 1 heterocycles. The highest BCUT2D eigenvalue weighted by molar-refractivity contribution is 9.11. The first-order valence-corrected chi connectivity index (χ1v) is 7.73. The number of benzene rings is 1. The molecule has 0 aliphatic rings. The molecule has 2 rings (SSSR count). The van der Waals surface area contributed by atoms with Crippen molar-refractivity contribution in [1.82, 2.24) is 5.32 Å². The molecule has 0 bridgehead atoms. The lowest BCUT2D eigenvalue weighted by Gasteiger charge is -2.21. The van der Waals surface area contributed by atoms with Gasteiger partial charge in [-0.05, 0) is 40.2 Å². The lowest BCUT2D eigenvalue weighted by Crippen LogP contribution is -2.42. The number of carboxylic acids is 1. The van der Waals surface area contributed by atoms with E-state index in [-0.39, 0.29) is 6.54 Å². The van der Waals surface area contributed by atoms with Gasteiger partial charge in [-0.3, -0.25) is 9.69 Å². The molecule has 7 heteroatoms. The third-order valence-corrected chi connectivity index (χ3v) is 4.27. The topological polar surface area (TPSA) is 69.6 Å². The number of carbonyl (C=O) groups is 2. The van der Waals surface area contributed by atoms with Crippen LogP contribution in [0.1, 0.15) is 4.88 Å². The Morgan fingerprint density at radius 3 is 2.48 bits per heavy atom. The number of amides is 2. The summed E-state index contributed by atoms with van der Waals surface area (Å²) in [5.41, 5.74) is 0.546. The molecular weight excluding hydrogens is 356 g/mol. The zero-order valence-corrected chi connectivity index (χ0v) is 13.4. The average molecular weight is 369 g/mol. The molecule has 2 N–H and O–H groups in total. The number of nitrogens with zero attached hydrogens (tertiary/aromatic N) is 1. The highest BCUT2D eigenvalue weighted by Crippen LogP contribution is 2.22. The standard InChI is InChI=1S/C14H13BrN2O3S/c15-12-7-6-11(21-12)8-16-14(20)17(9-13(18)19)10-4-2-1-3-5-10/h1-7H,8-9H2,(H,16,20)(H,18,19). The summed E-state index contributed by atoms with van der Waals surface area (Å²) in [5.74, 6) is -1.06. The number of hydrogen-bond donors (Lipinski definition) is 2. The van der Waals surface area contributed by atoms with Gasteiger partial charge in [-0.25, -0.2) is 4.79 Å². The van der Waals surface area contributed by atoms with Crippen LogP contribution in [-0.4, -0.2) is 23.7 Å². The zero-order chi connectivity index (χ0) is 15.2. The van der Waals surface area contributed by atoms with E-state index in [4.69, 9.17) is 5.11 Å². The van der Waals surface area contributed by atoms with Crippen molar-refractivity contribution in [2.75, 3.05) is 11.4 Å². The molecule has 21 heavy (non-hydrogen) atoms. The second kappa shape index (κ2) is 7.24.